The summed E-state index contributed by atoms with van der Waals surface area (Å²) in [4.78, 5) is 14.9. The van der Waals surface area contributed by atoms with E-state index in [9.17, 15) is 9.18 Å². The van der Waals surface area contributed by atoms with Crippen LogP contribution in [0, 0.1) is 5.95 Å². The molecule has 1 amide bonds. The lowest BCUT2D eigenvalue weighted by atomic mass is 10.2. The minimum atomic E-state index is -0.571. The quantitative estimate of drug-likeness (QED) is 0.773. The molecule has 17 heavy (non-hydrogen) atoms. The van der Waals surface area contributed by atoms with Gasteiger partial charge in [-0.25, -0.2) is 4.98 Å². The smallest absolute Gasteiger partial charge is 0.258 e. The highest BCUT2D eigenvalue weighted by Crippen LogP contribution is 2.07. The molecule has 1 aromatic rings. The molecule has 94 valence electrons. The Kier molecular flexibility index (Phi) is 5.39. The van der Waals surface area contributed by atoms with Crippen molar-refractivity contribution in [1.29, 1.82) is 0 Å². The van der Waals surface area contributed by atoms with Gasteiger partial charge in [0.05, 0.1) is 6.20 Å². The average Bonchev–Trinajstić information content (AvgIpc) is 2.35. The third-order valence-corrected chi connectivity index (χ3v) is 2.42. The molecule has 0 saturated heterocycles. The van der Waals surface area contributed by atoms with Crippen LogP contribution in [0.2, 0.25) is 0 Å². The van der Waals surface area contributed by atoms with Gasteiger partial charge in [-0.15, -0.1) is 0 Å². The molecule has 0 radical (unpaired) electrons. The van der Waals surface area contributed by atoms with Crippen LogP contribution in [0.15, 0.2) is 18.3 Å². The van der Waals surface area contributed by atoms with E-state index in [0.717, 1.165) is 12.8 Å². The second-order valence-electron chi connectivity index (χ2n) is 3.69. The maximum absolute atomic E-state index is 12.5. The normalized spacial score (nSPS) is 10.4. The Balaban J connectivity index is 2.35. The van der Waals surface area contributed by atoms with Gasteiger partial charge in [-0.05, 0) is 25.0 Å². The van der Waals surface area contributed by atoms with E-state index in [4.69, 9.17) is 4.74 Å². The van der Waals surface area contributed by atoms with E-state index < -0.39 is 5.95 Å². The third-order valence-electron chi connectivity index (χ3n) is 2.42. The number of nitrogens with zero attached hydrogens (tertiary/aromatic N) is 1. The van der Waals surface area contributed by atoms with Crippen LogP contribution in [0.4, 0.5) is 4.39 Å². The van der Waals surface area contributed by atoms with Crippen LogP contribution in [0.1, 0.15) is 26.7 Å². The molecule has 1 N–H and O–H groups in total. The molecule has 0 aromatic carbocycles. The van der Waals surface area contributed by atoms with Gasteiger partial charge in [-0.2, -0.15) is 4.39 Å². The van der Waals surface area contributed by atoms with Crippen molar-refractivity contribution in [2.45, 2.75) is 32.7 Å². The van der Waals surface area contributed by atoms with Crippen molar-refractivity contribution in [3.63, 3.8) is 0 Å². The molecule has 1 heterocycles. The van der Waals surface area contributed by atoms with Crippen LogP contribution in [0.5, 0.6) is 5.75 Å². The molecule has 0 aliphatic carbocycles. The second-order valence-corrected chi connectivity index (χ2v) is 3.69. The van der Waals surface area contributed by atoms with Gasteiger partial charge in [0.1, 0.15) is 5.75 Å². The zero-order valence-corrected chi connectivity index (χ0v) is 10.1. The molecule has 0 saturated carbocycles. The summed E-state index contributed by atoms with van der Waals surface area (Å²) in [5, 5.41) is 2.84. The number of hydrogen-bond donors (Lipinski definition) is 1. The van der Waals surface area contributed by atoms with E-state index in [-0.39, 0.29) is 18.6 Å². The zero-order valence-electron chi connectivity index (χ0n) is 10.1. The van der Waals surface area contributed by atoms with E-state index >= 15 is 0 Å². The summed E-state index contributed by atoms with van der Waals surface area (Å²) in [5.41, 5.74) is 0. The average molecular weight is 240 g/mol. The summed E-state index contributed by atoms with van der Waals surface area (Å²) in [6.45, 7) is 3.95. The van der Waals surface area contributed by atoms with Crippen molar-refractivity contribution in [2.75, 3.05) is 6.61 Å². The Bertz CT molecular complexity index is 350. The highest BCUT2D eigenvalue weighted by atomic mass is 19.1. The van der Waals surface area contributed by atoms with E-state index in [1.54, 1.807) is 0 Å². The molecule has 0 atom stereocenters. The maximum Gasteiger partial charge on any atom is 0.258 e. The number of carbonyl (C=O) groups is 1. The Labute approximate surface area is 100 Å². The van der Waals surface area contributed by atoms with Crippen LogP contribution in [0.25, 0.3) is 0 Å². The topological polar surface area (TPSA) is 51.2 Å². The lowest BCUT2D eigenvalue weighted by molar-refractivity contribution is -0.123. The highest BCUT2D eigenvalue weighted by molar-refractivity contribution is 5.77. The predicted molar refractivity (Wildman–Crippen MR) is 62.2 cm³/mol. The first-order valence-electron chi connectivity index (χ1n) is 5.69. The zero-order chi connectivity index (χ0) is 12.7. The standard InChI is InChI=1S/C12H17FN2O2/c1-3-9(4-2)15-12(16)8-17-10-5-6-11(13)14-7-10/h5-7,9H,3-4,8H2,1-2H3,(H,15,16). The molecule has 0 fully saturated rings. The Morgan fingerprint density at radius 2 is 2.18 bits per heavy atom. The fraction of sp³-hybridized carbons (Fsp3) is 0.500. The van der Waals surface area contributed by atoms with Crippen molar-refractivity contribution in [3.8, 4) is 5.75 Å². The van der Waals surface area contributed by atoms with Crippen molar-refractivity contribution < 1.29 is 13.9 Å². The van der Waals surface area contributed by atoms with Crippen LogP contribution >= 0.6 is 0 Å². The SMILES string of the molecule is CCC(CC)NC(=O)COc1ccc(F)nc1. The summed E-state index contributed by atoms with van der Waals surface area (Å²) in [6, 6.07) is 2.80. The van der Waals surface area contributed by atoms with Crippen molar-refractivity contribution in [3.05, 3.63) is 24.3 Å². The molecule has 5 heteroatoms. The number of ether oxygens (including phenoxy) is 1. The molecule has 1 rings (SSSR count). The molecule has 0 unspecified atom stereocenters. The predicted octanol–water partition coefficient (Wildman–Crippen LogP) is 1.90. The van der Waals surface area contributed by atoms with Crippen LogP contribution in [-0.2, 0) is 4.79 Å². The number of carbonyl (C=O) groups excluding carboxylic acids is 1. The first-order chi connectivity index (χ1) is 8.15. The minimum Gasteiger partial charge on any atom is -0.482 e. The lowest BCUT2D eigenvalue weighted by Gasteiger charge is -2.14. The van der Waals surface area contributed by atoms with Gasteiger partial charge in [0, 0.05) is 6.04 Å². The Hall–Kier alpha value is -1.65. The molecule has 4 nitrogen and oxygen atoms in total. The molecular formula is C12H17FN2O2. The van der Waals surface area contributed by atoms with Gasteiger partial charge in [0.25, 0.3) is 5.91 Å². The summed E-state index contributed by atoms with van der Waals surface area (Å²) in [5.74, 6) is -0.368. The lowest BCUT2D eigenvalue weighted by Crippen LogP contribution is -2.37. The van der Waals surface area contributed by atoms with Gasteiger partial charge >= 0.3 is 0 Å². The number of rotatable bonds is 6. The summed E-state index contributed by atoms with van der Waals surface area (Å²) in [6.07, 6.45) is 3.03. The molecule has 0 aliphatic heterocycles. The van der Waals surface area contributed by atoms with E-state index in [2.05, 4.69) is 10.3 Å². The largest absolute Gasteiger partial charge is 0.482 e. The van der Waals surface area contributed by atoms with Crippen molar-refractivity contribution in [2.24, 2.45) is 0 Å². The molecule has 0 spiro atoms. The number of nitrogens with one attached hydrogen (secondary N) is 1. The Morgan fingerprint density at radius 1 is 1.47 bits per heavy atom. The van der Waals surface area contributed by atoms with Gasteiger partial charge in [0.2, 0.25) is 5.95 Å². The molecule has 1 aromatic heterocycles. The van der Waals surface area contributed by atoms with Gasteiger partial charge in [-0.1, -0.05) is 13.8 Å². The third kappa shape index (κ3) is 4.80. The molecule has 0 aliphatic rings. The monoisotopic (exact) mass is 240 g/mol. The van der Waals surface area contributed by atoms with Crippen molar-refractivity contribution in [1.82, 2.24) is 10.3 Å². The fourth-order valence-corrected chi connectivity index (χ4v) is 1.36. The first kappa shape index (κ1) is 13.4. The maximum atomic E-state index is 12.5. The number of amides is 1. The molecular weight excluding hydrogens is 223 g/mol. The number of halogens is 1. The number of pyridine rings is 1. The van der Waals surface area contributed by atoms with Gasteiger partial charge < -0.3 is 10.1 Å². The summed E-state index contributed by atoms with van der Waals surface area (Å²) in [7, 11) is 0. The van der Waals surface area contributed by atoms with Crippen LogP contribution in [0.3, 0.4) is 0 Å². The van der Waals surface area contributed by atoms with E-state index in [0.29, 0.717) is 5.75 Å². The van der Waals surface area contributed by atoms with E-state index in [1.165, 1.54) is 18.3 Å². The number of hydrogen-bond acceptors (Lipinski definition) is 3. The number of aromatic nitrogens is 1. The summed E-state index contributed by atoms with van der Waals surface area (Å²) < 4.78 is 17.7. The van der Waals surface area contributed by atoms with Crippen molar-refractivity contribution >= 4 is 5.91 Å². The van der Waals surface area contributed by atoms with Gasteiger partial charge in [-0.3, -0.25) is 4.79 Å². The fourth-order valence-electron chi connectivity index (χ4n) is 1.36. The van der Waals surface area contributed by atoms with E-state index in [1.807, 2.05) is 13.8 Å². The minimum absolute atomic E-state index is 0.0796. The molecule has 0 bridgehead atoms. The van der Waals surface area contributed by atoms with Crippen LogP contribution in [-0.4, -0.2) is 23.5 Å². The Morgan fingerprint density at radius 3 is 2.71 bits per heavy atom. The first-order valence-corrected chi connectivity index (χ1v) is 5.69. The second kappa shape index (κ2) is 6.83. The van der Waals surface area contributed by atoms with Crippen LogP contribution < -0.4 is 10.1 Å². The van der Waals surface area contributed by atoms with Gasteiger partial charge in [0.15, 0.2) is 6.61 Å². The highest BCUT2D eigenvalue weighted by Gasteiger charge is 2.08. The summed E-state index contributed by atoms with van der Waals surface area (Å²) >= 11 is 0.